The largest absolute Gasteiger partial charge is 0.452 e. The van der Waals surface area contributed by atoms with E-state index in [-0.39, 0.29) is 0 Å². The zero-order valence-corrected chi connectivity index (χ0v) is 25.2. The van der Waals surface area contributed by atoms with Crippen molar-refractivity contribution in [2.75, 3.05) is 0 Å². The van der Waals surface area contributed by atoms with Gasteiger partial charge in [0.25, 0.3) is 0 Å². The first-order chi connectivity index (χ1) is 23.3. The molecule has 218 valence electrons. The SMILES string of the molecule is N#Cc1cccc2c1oc1c(-n3c4ccccc4c4cc(-c5ccc6c(c5)c5ccccc5n6-c5ccccc5)ccc43)cccc12. The van der Waals surface area contributed by atoms with E-state index >= 15 is 0 Å². The highest BCUT2D eigenvalue weighted by molar-refractivity contribution is 6.14. The van der Waals surface area contributed by atoms with Gasteiger partial charge in [0.2, 0.25) is 0 Å². The Morgan fingerprint density at radius 1 is 0.426 bits per heavy atom. The van der Waals surface area contributed by atoms with Gasteiger partial charge >= 0.3 is 0 Å². The van der Waals surface area contributed by atoms with Crippen molar-refractivity contribution in [2.45, 2.75) is 0 Å². The highest BCUT2D eigenvalue weighted by Gasteiger charge is 2.19. The van der Waals surface area contributed by atoms with Gasteiger partial charge in [-0.3, -0.25) is 0 Å². The topological polar surface area (TPSA) is 46.8 Å². The Morgan fingerprint density at radius 2 is 0.957 bits per heavy atom. The molecule has 0 amide bonds. The fraction of sp³-hybridized carbons (Fsp3) is 0. The summed E-state index contributed by atoms with van der Waals surface area (Å²) in [5, 5.41) is 16.5. The van der Waals surface area contributed by atoms with E-state index in [1.54, 1.807) is 0 Å². The van der Waals surface area contributed by atoms with Crippen LogP contribution in [0.4, 0.5) is 0 Å². The van der Waals surface area contributed by atoms with Gasteiger partial charge in [-0.1, -0.05) is 91.0 Å². The quantitative estimate of drug-likeness (QED) is 0.203. The molecular weight excluding hydrogens is 574 g/mol. The Balaban J connectivity index is 1.20. The van der Waals surface area contributed by atoms with Gasteiger partial charge in [-0.2, -0.15) is 5.26 Å². The molecule has 0 N–H and O–H groups in total. The second-order valence-corrected chi connectivity index (χ2v) is 12.1. The molecule has 47 heavy (non-hydrogen) atoms. The molecule has 3 aromatic heterocycles. The summed E-state index contributed by atoms with van der Waals surface area (Å²) >= 11 is 0. The van der Waals surface area contributed by atoms with Gasteiger partial charge in [0.05, 0.1) is 33.3 Å². The molecule has 0 bridgehead atoms. The number of hydrogen-bond acceptors (Lipinski definition) is 2. The van der Waals surface area contributed by atoms with Crippen LogP contribution in [0.25, 0.3) is 88.1 Å². The van der Waals surface area contributed by atoms with Crippen LogP contribution in [0, 0.1) is 11.3 Å². The summed E-state index contributed by atoms with van der Waals surface area (Å²) in [5.41, 5.74) is 11.0. The van der Waals surface area contributed by atoms with Gasteiger partial charge in [-0.15, -0.1) is 0 Å². The average molecular weight is 600 g/mol. The van der Waals surface area contributed by atoms with E-state index < -0.39 is 0 Å². The average Bonchev–Trinajstić information content (AvgIpc) is 3.79. The van der Waals surface area contributed by atoms with E-state index in [0.29, 0.717) is 11.1 Å². The number of rotatable bonds is 3. The first kappa shape index (κ1) is 25.7. The fourth-order valence-electron chi connectivity index (χ4n) is 7.49. The van der Waals surface area contributed by atoms with Gasteiger partial charge < -0.3 is 13.6 Å². The summed E-state index contributed by atoms with van der Waals surface area (Å²) < 4.78 is 11.1. The molecule has 0 atom stereocenters. The van der Waals surface area contributed by atoms with Crippen LogP contribution in [0.15, 0.2) is 156 Å². The summed E-state index contributed by atoms with van der Waals surface area (Å²) in [6.07, 6.45) is 0. The predicted octanol–water partition coefficient (Wildman–Crippen LogP) is 11.3. The number of para-hydroxylation sites is 5. The molecule has 0 unspecified atom stereocenters. The van der Waals surface area contributed by atoms with E-state index in [0.717, 1.165) is 38.8 Å². The molecule has 0 saturated carbocycles. The summed E-state index contributed by atoms with van der Waals surface area (Å²) in [4.78, 5) is 0. The van der Waals surface area contributed by atoms with Crippen molar-refractivity contribution in [1.29, 1.82) is 5.26 Å². The van der Waals surface area contributed by atoms with Gasteiger partial charge in [-0.25, -0.2) is 0 Å². The second kappa shape index (κ2) is 9.71. The maximum absolute atomic E-state index is 9.76. The molecule has 4 heteroatoms. The van der Waals surface area contributed by atoms with Crippen molar-refractivity contribution in [3.63, 3.8) is 0 Å². The van der Waals surface area contributed by atoms with Crippen molar-refractivity contribution in [1.82, 2.24) is 9.13 Å². The minimum Gasteiger partial charge on any atom is -0.452 e. The smallest absolute Gasteiger partial charge is 0.159 e. The summed E-state index contributed by atoms with van der Waals surface area (Å²) in [5.74, 6) is 0. The number of nitrogens with zero attached hydrogens (tertiary/aromatic N) is 3. The first-order valence-corrected chi connectivity index (χ1v) is 15.8. The number of nitriles is 1. The Labute approximate surface area is 269 Å². The van der Waals surface area contributed by atoms with E-state index in [2.05, 4.69) is 149 Å². The Kier molecular flexibility index (Phi) is 5.32. The zero-order chi connectivity index (χ0) is 31.1. The number of benzene rings is 7. The molecule has 3 heterocycles. The van der Waals surface area contributed by atoms with E-state index in [1.807, 2.05) is 18.2 Å². The molecule has 0 saturated heterocycles. The Morgan fingerprint density at radius 3 is 1.64 bits per heavy atom. The van der Waals surface area contributed by atoms with Crippen LogP contribution < -0.4 is 0 Å². The molecule has 4 nitrogen and oxygen atoms in total. The lowest BCUT2D eigenvalue weighted by molar-refractivity contribution is 0.665. The highest BCUT2D eigenvalue weighted by Crippen LogP contribution is 2.41. The van der Waals surface area contributed by atoms with Crippen LogP contribution in [0.1, 0.15) is 5.56 Å². The Hall–Kier alpha value is -6.57. The van der Waals surface area contributed by atoms with E-state index in [9.17, 15) is 5.26 Å². The molecule has 7 aromatic carbocycles. The standard InChI is InChI=1S/C43H25N3O/c44-26-29-10-8-15-33-34-16-9-19-41(43(34)47-42(29)33)46-38-18-7-5-14-32(38)36-25-28(21-23-40(36)46)27-20-22-39-35(24-27)31-13-4-6-17-37(31)45(39)30-11-2-1-3-12-30/h1-25H. The van der Waals surface area contributed by atoms with Crippen molar-refractivity contribution in [3.8, 4) is 28.6 Å². The van der Waals surface area contributed by atoms with Crippen molar-refractivity contribution >= 4 is 65.6 Å². The molecule has 0 radical (unpaired) electrons. The maximum atomic E-state index is 9.76. The third-order valence-electron chi connectivity index (χ3n) is 9.56. The zero-order valence-electron chi connectivity index (χ0n) is 25.2. The van der Waals surface area contributed by atoms with Crippen LogP contribution >= 0.6 is 0 Å². The lowest BCUT2D eigenvalue weighted by atomic mass is 10.0. The molecule has 10 aromatic rings. The predicted molar refractivity (Wildman–Crippen MR) is 193 cm³/mol. The van der Waals surface area contributed by atoms with Gasteiger partial charge in [0.1, 0.15) is 6.07 Å². The van der Waals surface area contributed by atoms with Crippen LogP contribution in [-0.2, 0) is 0 Å². The minimum absolute atomic E-state index is 0.542. The lowest BCUT2D eigenvalue weighted by Crippen LogP contribution is -1.94. The lowest BCUT2D eigenvalue weighted by Gasteiger charge is -2.10. The van der Waals surface area contributed by atoms with Crippen molar-refractivity contribution in [3.05, 3.63) is 157 Å². The van der Waals surface area contributed by atoms with Crippen molar-refractivity contribution < 1.29 is 4.42 Å². The molecule has 0 aliphatic rings. The number of furan rings is 1. The minimum atomic E-state index is 0.542. The van der Waals surface area contributed by atoms with E-state index in [4.69, 9.17) is 4.42 Å². The van der Waals surface area contributed by atoms with E-state index in [1.165, 1.54) is 43.7 Å². The molecule has 0 aliphatic carbocycles. The fourth-order valence-corrected chi connectivity index (χ4v) is 7.49. The molecule has 0 spiro atoms. The number of aromatic nitrogens is 2. The summed E-state index contributed by atoms with van der Waals surface area (Å²) in [6, 6.07) is 55.7. The van der Waals surface area contributed by atoms with Crippen LogP contribution in [0.5, 0.6) is 0 Å². The highest BCUT2D eigenvalue weighted by atomic mass is 16.3. The first-order valence-electron chi connectivity index (χ1n) is 15.8. The molecule has 10 rings (SSSR count). The Bertz CT molecular complexity index is 2910. The molecule has 0 aliphatic heterocycles. The molecule has 0 fully saturated rings. The maximum Gasteiger partial charge on any atom is 0.159 e. The van der Waals surface area contributed by atoms with Gasteiger partial charge in [0.15, 0.2) is 11.2 Å². The molecular formula is C43H25N3O. The van der Waals surface area contributed by atoms with Gasteiger partial charge in [0, 0.05) is 38.0 Å². The van der Waals surface area contributed by atoms with Crippen LogP contribution in [0.2, 0.25) is 0 Å². The summed E-state index contributed by atoms with van der Waals surface area (Å²) in [6.45, 7) is 0. The third kappa shape index (κ3) is 3.63. The van der Waals surface area contributed by atoms with Gasteiger partial charge in [-0.05, 0) is 71.8 Å². The number of fused-ring (bicyclic) bond motifs is 9. The summed E-state index contributed by atoms with van der Waals surface area (Å²) in [7, 11) is 0. The van der Waals surface area contributed by atoms with Crippen molar-refractivity contribution in [2.24, 2.45) is 0 Å². The monoisotopic (exact) mass is 599 g/mol. The third-order valence-corrected chi connectivity index (χ3v) is 9.56. The van der Waals surface area contributed by atoms with Crippen LogP contribution in [-0.4, -0.2) is 9.13 Å². The van der Waals surface area contributed by atoms with Crippen LogP contribution in [0.3, 0.4) is 0 Å². The second-order valence-electron chi connectivity index (χ2n) is 12.1. The normalized spacial score (nSPS) is 11.8. The number of hydrogen-bond donors (Lipinski definition) is 0.